The van der Waals surface area contributed by atoms with E-state index in [1.54, 1.807) is 0 Å². The Hall–Kier alpha value is -1.68. The van der Waals surface area contributed by atoms with Gasteiger partial charge in [0.05, 0.1) is 34.3 Å². The number of aryl methyl sites for hydroxylation is 2. The van der Waals surface area contributed by atoms with Crippen LogP contribution >= 0.6 is 11.6 Å². The normalized spacial score (nSPS) is 10.8. The van der Waals surface area contributed by atoms with Crippen molar-refractivity contribution in [3.05, 3.63) is 40.7 Å². The molecule has 0 atom stereocenters. The Bertz CT molecular complexity index is 592. The lowest BCUT2D eigenvalue weighted by Crippen LogP contribution is -2.25. The van der Waals surface area contributed by atoms with Crippen LogP contribution in [-0.2, 0) is 13.6 Å². The molecule has 0 bridgehead atoms. The van der Waals surface area contributed by atoms with Crippen LogP contribution in [0.25, 0.3) is 0 Å². The Morgan fingerprint density at radius 3 is 2.60 bits per heavy atom. The third kappa shape index (κ3) is 2.90. The number of para-hydroxylation sites is 2. The van der Waals surface area contributed by atoms with E-state index in [0.717, 1.165) is 40.8 Å². The van der Waals surface area contributed by atoms with Crippen LogP contribution in [-0.4, -0.2) is 16.3 Å². The van der Waals surface area contributed by atoms with Gasteiger partial charge in [-0.1, -0.05) is 30.7 Å². The zero-order valence-corrected chi connectivity index (χ0v) is 13.0. The molecule has 0 aliphatic carbocycles. The zero-order valence-electron chi connectivity index (χ0n) is 12.2. The minimum absolute atomic E-state index is 0.707. The number of aromatic nitrogens is 2. The smallest absolute Gasteiger partial charge is 0.0865 e. The van der Waals surface area contributed by atoms with Crippen molar-refractivity contribution in [2.75, 3.05) is 17.2 Å². The first-order chi connectivity index (χ1) is 9.54. The molecule has 0 saturated carbocycles. The Morgan fingerprint density at radius 2 is 2.05 bits per heavy atom. The molecule has 0 aliphatic heterocycles. The second-order valence-corrected chi connectivity index (χ2v) is 5.33. The molecule has 5 heteroatoms. The van der Waals surface area contributed by atoms with E-state index in [4.69, 9.17) is 17.3 Å². The highest BCUT2D eigenvalue weighted by Gasteiger charge is 2.16. The van der Waals surface area contributed by atoms with Crippen molar-refractivity contribution in [2.24, 2.45) is 7.05 Å². The van der Waals surface area contributed by atoms with E-state index in [1.165, 1.54) is 0 Å². The fourth-order valence-corrected chi connectivity index (χ4v) is 2.58. The highest BCUT2D eigenvalue weighted by Crippen LogP contribution is 2.27. The summed E-state index contributed by atoms with van der Waals surface area (Å²) in [6.45, 7) is 5.71. The van der Waals surface area contributed by atoms with Crippen LogP contribution in [0.2, 0.25) is 5.02 Å². The average Bonchev–Trinajstić information content (AvgIpc) is 2.65. The number of anilines is 2. The predicted octanol–water partition coefficient (Wildman–Crippen LogP) is 3.38. The third-order valence-corrected chi connectivity index (χ3v) is 3.86. The van der Waals surface area contributed by atoms with Crippen molar-refractivity contribution in [1.29, 1.82) is 0 Å². The molecule has 0 spiro atoms. The molecular formula is C15H21ClN4. The Labute approximate surface area is 125 Å². The molecule has 4 nitrogen and oxygen atoms in total. The fraction of sp³-hybridized carbons (Fsp3) is 0.400. The van der Waals surface area contributed by atoms with Crippen molar-refractivity contribution in [3.8, 4) is 0 Å². The van der Waals surface area contributed by atoms with Crippen molar-refractivity contribution >= 4 is 23.0 Å². The van der Waals surface area contributed by atoms with Crippen molar-refractivity contribution < 1.29 is 0 Å². The van der Waals surface area contributed by atoms with Gasteiger partial charge in [-0.3, -0.25) is 4.68 Å². The summed E-state index contributed by atoms with van der Waals surface area (Å²) in [5.41, 5.74) is 9.80. The molecule has 0 aliphatic rings. The molecule has 2 aromatic rings. The van der Waals surface area contributed by atoms with E-state index in [9.17, 15) is 0 Å². The quantitative estimate of drug-likeness (QED) is 0.860. The summed E-state index contributed by atoms with van der Waals surface area (Å²) in [7, 11) is 1.92. The summed E-state index contributed by atoms with van der Waals surface area (Å²) >= 11 is 6.34. The lowest BCUT2D eigenvalue weighted by atomic mass is 10.2. The van der Waals surface area contributed by atoms with Crippen LogP contribution < -0.4 is 10.6 Å². The number of hydrogen-bond acceptors (Lipinski definition) is 3. The summed E-state index contributed by atoms with van der Waals surface area (Å²) in [6.07, 6.45) is 1.04. The number of nitrogen functional groups attached to an aromatic ring is 1. The lowest BCUT2D eigenvalue weighted by molar-refractivity contribution is 0.670. The monoisotopic (exact) mass is 292 g/mol. The van der Waals surface area contributed by atoms with E-state index in [-0.39, 0.29) is 0 Å². The van der Waals surface area contributed by atoms with E-state index < -0.39 is 0 Å². The van der Waals surface area contributed by atoms with Crippen molar-refractivity contribution in [3.63, 3.8) is 0 Å². The fourth-order valence-electron chi connectivity index (χ4n) is 2.36. The van der Waals surface area contributed by atoms with Crippen LogP contribution in [0.1, 0.15) is 24.7 Å². The molecule has 0 unspecified atom stereocenters. The molecule has 0 radical (unpaired) electrons. The SMILES string of the molecule is CCCN(Cc1c(Cl)c(C)nn1C)c1ccccc1N. The Morgan fingerprint density at radius 1 is 1.35 bits per heavy atom. The predicted molar refractivity (Wildman–Crippen MR) is 85.2 cm³/mol. The van der Waals surface area contributed by atoms with Gasteiger partial charge in [0.15, 0.2) is 0 Å². The zero-order chi connectivity index (χ0) is 14.7. The van der Waals surface area contributed by atoms with Crippen LogP contribution in [0.4, 0.5) is 11.4 Å². The van der Waals surface area contributed by atoms with Crippen LogP contribution in [0.3, 0.4) is 0 Å². The maximum absolute atomic E-state index is 6.34. The summed E-state index contributed by atoms with van der Waals surface area (Å²) < 4.78 is 1.85. The summed E-state index contributed by atoms with van der Waals surface area (Å²) in [5, 5.41) is 5.11. The van der Waals surface area contributed by atoms with Crippen LogP contribution in [0.15, 0.2) is 24.3 Å². The maximum atomic E-state index is 6.34. The van der Waals surface area contributed by atoms with Gasteiger partial charge in [0.1, 0.15) is 0 Å². The highest BCUT2D eigenvalue weighted by molar-refractivity contribution is 6.31. The number of halogens is 1. The van der Waals surface area contributed by atoms with E-state index in [0.29, 0.717) is 6.54 Å². The number of hydrogen-bond donors (Lipinski definition) is 1. The van der Waals surface area contributed by atoms with Gasteiger partial charge in [-0.2, -0.15) is 5.10 Å². The van der Waals surface area contributed by atoms with E-state index in [1.807, 2.05) is 42.9 Å². The number of rotatable bonds is 5. The number of nitrogens with two attached hydrogens (primary N) is 1. The van der Waals surface area contributed by atoms with Gasteiger partial charge >= 0.3 is 0 Å². The molecule has 1 heterocycles. The molecule has 0 fully saturated rings. The second kappa shape index (κ2) is 6.18. The van der Waals surface area contributed by atoms with Gasteiger partial charge in [-0.05, 0) is 25.5 Å². The minimum Gasteiger partial charge on any atom is -0.397 e. The average molecular weight is 293 g/mol. The Balaban J connectivity index is 2.33. The molecule has 108 valence electrons. The topological polar surface area (TPSA) is 47.1 Å². The van der Waals surface area contributed by atoms with Gasteiger partial charge in [0.2, 0.25) is 0 Å². The van der Waals surface area contributed by atoms with Crippen LogP contribution in [0.5, 0.6) is 0 Å². The summed E-state index contributed by atoms with van der Waals surface area (Å²) in [4.78, 5) is 2.25. The molecule has 1 aromatic heterocycles. The van der Waals surface area contributed by atoms with E-state index >= 15 is 0 Å². The van der Waals surface area contributed by atoms with Crippen molar-refractivity contribution in [1.82, 2.24) is 9.78 Å². The molecule has 2 N–H and O–H groups in total. The van der Waals surface area contributed by atoms with Crippen molar-refractivity contribution in [2.45, 2.75) is 26.8 Å². The lowest BCUT2D eigenvalue weighted by Gasteiger charge is -2.25. The second-order valence-electron chi connectivity index (χ2n) is 4.95. The van der Waals surface area contributed by atoms with Crippen LogP contribution in [0, 0.1) is 6.92 Å². The number of nitrogens with zero attached hydrogens (tertiary/aromatic N) is 3. The van der Waals surface area contributed by atoms with Gasteiger partial charge < -0.3 is 10.6 Å². The highest BCUT2D eigenvalue weighted by atomic mass is 35.5. The number of benzene rings is 1. The minimum atomic E-state index is 0.707. The summed E-state index contributed by atoms with van der Waals surface area (Å²) in [5.74, 6) is 0. The van der Waals surface area contributed by atoms with Gasteiger partial charge in [-0.15, -0.1) is 0 Å². The van der Waals surface area contributed by atoms with E-state index in [2.05, 4.69) is 16.9 Å². The van der Waals surface area contributed by atoms with Gasteiger partial charge in [-0.25, -0.2) is 0 Å². The van der Waals surface area contributed by atoms with Gasteiger partial charge in [0, 0.05) is 13.6 Å². The first kappa shape index (κ1) is 14.7. The first-order valence-electron chi connectivity index (χ1n) is 6.82. The molecule has 1 aromatic carbocycles. The molecule has 2 rings (SSSR count). The largest absolute Gasteiger partial charge is 0.397 e. The van der Waals surface area contributed by atoms with Gasteiger partial charge in [0.25, 0.3) is 0 Å². The summed E-state index contributed by atoms with van der Waals surface area (Å²) in [6, 6.07) is 7.92. The molecule has 20 heavy (non-hydrogen) atoms. The molecular weight excluding hydrogens is 272 g/mol. The molecule has 0 amide bonds. The maximum Gasteiger partial charge on any atom is 0.0865 e. The third-order valence-electron chi connectivity index (χ3n) is 3.37. The standard InChI is InChI=1S/C15H21ClN4/c1-4-9-20(13-8-6-5-7-12(13)17)10-14-15(16)11(2)18-19(14)3/h5-8H,4,9-10,17H2,1-3H3. The molecule has 0 saturated heterocycles. The Kier molecular flexibility index (Phi) is 4.55. The first-order valence-corrected chi connectivity index (χ1v) is 7.19.